The highest BCUT2D eigenvalue weighted by molar-refractivity contribution is 5.95. The van der Waals surface area contributed by atoms with Crippen LogP contribution in [0.1, 0.15) is 21.7 Å². The lowest BCUT2D eigenvalue weighted by Crippen LogP contribution is -2.24. The SMILES string of the molecule is O=C(NCc1nnc2ccc(C(F)(F)F)cn12)c1ccc(-n2ccnc2)c([N+](=O)[O-])c1. The van der Waals surface area contributed by atoms with Gasteiger partial charge in [-0.1, -0.05) is 0 Å². The number of aromatic nitrogens is 5. The number of benzene rings is 1. The van der Waals surface area contributed by atoms with Crippen LogP contribution in [-0.2, 0) is 12.7 Å². The molecule has 1 N–H and O–H groups in total. The van der Waals surface area contributed by atoms with E-state index in [0.717, 1.165) is 22.7 Å². The molecule has 3 aromatic heterocycles. The van der Waals surface area contributed by atoms with Crippen molar-refractivity contribution in [2.45, 2.75) is 12.7 Å². The van der Waals surface area contributed by atoms with Crippen LogP contribution in [0.3, 0.4) is 0 Å². The zero-order valence-corrected chi connectivity index (χ0v) is 15.4. The molecule has 0 aliphatic rings. The summed E-state index contributed by atoms with van der Waals surface area (Å²) in [5, 5.41) is 21.5. The molecule has 1 aromatic carbocycles. The summed E-state index contributed by atoms with van der Waals surface area (Å²) in [5.74, 6) is -0.594. The quantitative estimate of drug-likeness (QED) is 0.383. The highest BCUT2D eigenvalue weighted by Gasteiger charge is 2.31. The first-order chi connectivity index (χ1) is 14.7. The summed E-state index contributed by atoms with van der Waals surface area (Å²) in [6, 6.07) is 5.94. The van der Waals surface area contributed by atoms with Gasteiger partial charge in [0.05, 0.1) is 23.4 Å². The molecule has 13 heteroatoms. The van der Waals surface area contributed by atoms with Crippen LogP contribution in [0.4, 0.5) is 18.9 Å². The fourth-order valence-corrected chi connectivity index (χ4v) is 2.92. The van der Waals surface area contributed by atoms with Crippen molar-refractivity contribution < 1.29 is 22.9 Å². The van der Waals surface area contributed by atoms with Gasteiger partial charge in [0.15, 0.2) is 11.5 Å². The molecule has 0 atom stereocenters. The van der Waals surface area contributed by atoms with E-state index in [1.165, 1.54) is 41.5 Å². The predicted octanol–water partition coefficient (Wildman–Crippen LogP) is 2.77. The van der Waals surface area contributed by atoms with Gasteiger partial charge >= 0.3 is 6.18 Å². The first-order valence-corrected chi connectivity index (χ1v) is 8.70. The van der Waals surface area contributed by atoms with Gasteiger partial charge in [0.25, 0.3) is 11.6 Å². The van der Waals surface area contributed by atoms with Crippen LogP contribution >= 0.6 is 0 Å². The van der Waals surface area contributed by atoms with Crippen LogP contribution in [0, 0.1) is 10.1 Å². The number of fused-ring (bicyclic) bond motifs is 1. The number of halogens is 3. The molecule has 0 spiro atoms. The Morgan fingerprint density at radius 2 is 2.00 bits per heavy atom. The van der Waals surface area contributed by atoms with E-state index >= 15 is 0 Å². The molecule has 0 bridgehead atoms. The molecule has 0 fully saturated rings. The van der Waals surface area contributed by atoms with Crippen molar-refractivity contribution in [2.75, 3.05) is 0 Å². The maximum Gasteiger partial charge on any atom is 0.417 e. The molecule has 10 nitrogen and oxygen atoms in total. The van der Waals surface area contributed by atoms with Gasteiger partial charge in [0, 0.05) is 30.2 Å². The molecule has 0 saturated carbocycles. The lowest BCUT2D eigenvalue weighted by molar-refractivity contribution is -0.384. The Kier molecular flexibility index (Phi) is 4.85. The van der Waals surface area contributed by atoms with E-state index in [-0.39, 0.29) is 35.0 Å². The zero-order valence-electron chi connectivity index (χ0n) is 15.4. The Morgan fingerprint density at radius 1 is 1.19 bits per heavy atom. The number of nitro benzene ring substituents is 1. The van der Waals surface area contributed by atoms with Gasteiger partial charge in [-0.05, 0) is 24.3 Å². The average Bonchev–Trinajstić information content (AvgIpc) is 3.40. The number of carbonyl (C=O) groups excluding carboxylic acids is 1. The molecule has 1 amide bonds. The van der Waals surface area contributed by atoms with E-state index < -0.39 is 22.6 Å². The summed E-state index contributed by atoms with van der Waals surface area (Å²) in [6.07, 6.45) is 0.648. The molecular formula is C18H12F3N7O3. The summed E-state index contributed by atoms with van der Waals surface area (Å²) in [6.45, 7) is -0.238. The third-order valence-corrected chi connectivity index (χ3v) is 4.42. The standard InChI is InChI=1S/C18H12F3N7O3/c19-18(20,21)12-2-4-15-24-25-16(27(15)9-12)8-23-17(29)11-1-3-13(14(7-11)28(30)31)26-6-5-22-10-26/h1-7,9-10H,8H2,(H,23,29). The topological polar surface area (TPSA) is 120 Å². The van der Waals surface area contributed by atoms with Crippen LogP contribution in [-0.4, -0.2) is 35.0 Å². The number of carbonyl (C=O) groups is 1. The summed E-state index contributed by atoms with van der Waals surface area (Å²) in [7, 11) is 0. The van der Waals surface area contributed by atoms with E-state index in [2.05, 4.69) is 20.5 Å². The predicted molar refractivity (Wildman–Crippen MR) is 99.4 cm³/mol. The van der Waals surface area contributed by atoms with Crippen LogP contribution in [0.5, 0.6) is 0 Å². The number of alkyl halides is 3. The molecule has 0 aliphatic carbocycles. The minimum absolute atomic E-state index is 0.000340. The molecule has 4 aromatic rings. The monoisotopic (exact) mass is 431 g/mol. The summed E-state index contributed by atoms with van der Waals surface area (Å²) >= 11 is 0. The van der Waals surface area contributed by atoms with E-state index in [1.54, 1.807) is 0 Å². The van der Waals surface area contributed by atoms with Crippen LogP contribution in [0.25, 0.3) is 11.3 Å². The molecular weight excluding hydrogens is 419 g/mol. The Bertz CT molecular complexity index is 1280. The van der Waals surface area contributed by atoms with Crippen molar-refractivity contribution in [1.29, 1.82) is 0 Å². The lowest BCUT2D eigenvalue weighted by atomic mass is 10.1. The zero-order chi connectivity index (χ0) is 22.2. The number of amides is 1. The number of pyridine rings is 1. The van der Waals surface area contributed by atoms with Crippen LogP contribution in [0.2, 0.25) is 0 Å². The van der Waals surface area contributed by atoms with Crippen LogP contribution in [0.15, 0.2) is 55.2 Å². The van der Waals surface area contributed by atoms with Crippen LogP contribution < -0.4 is 5.32 Å². The maximum absolute atomic E-state index is 12.9. The molecule has 0 aliphatic heterocycles. The largest absolute Gasteiger partial charge is 0.417 e. The average molecular weight is 431 g/mol. The van der Waals surface area contributed by atoms with Crippen molar-refractivity contribution >= 4 is 17.2 Å². The Labute approximate surface area is 171 Å². The fraction of sp³-hybridized carbons (Fsp3) is 0.111. The maximum atomic E-state index is 12.9. The van der Waals surface area contributed by atoms with Crippen molar-refractivity contribution in [3.8, 4) is 5.69 Å². The number of hydrogen-bond acceptors (Lipinski definition) is 6. The van der Waals surface area contributed by atoms with Gasteiger partial charge in [0.1, 0.15) is 5.69 Å². The number of nitrogens with zero attached hydrogens (tertiary/aromatic N) is 6. The van der Waals surface area contributed by atoms with Gasteiger partial charge in [0.2, 0.25) is 0 Å². The molecule has 3 heterocycles. The first-order valence-electron chi connectivity index (χ1n) is 8.70. The minimum Gasteiger partial charge on any atom is -0.345 e. The number of hydrogen-bond donors (Lipinski definition) is 1. The minimum atomic E-state index is -4.55. The number of rotatable bonds is 5. The van der Waals surface area contributed by atoms with E-state index in [4.69, 9.17) is 0 Å². The van der Waals surface area contributed by atoms with Gasteiger partial charge in [-0.15, -0.1) is 10.2 Å². The third kappa shape index (κ3) is 3.92. The van der Waals surface area contributed by atoms with Crippen molar-refractivity contribution in [2.24, 2.45) is 0 Å². The summed E-state index contributed by atoms with van der Waals surface area (Å²) in [4.78, 5) is 27.1. The Balaban J connectivity index is 1.57. The second-order valence-corrected chi connectivity index (χ2v) is 6.37. The molecule has 0 radical (unpaired) electrons. The number of nitro groups is 1. The van der Waals surface area contributed by atoms with Crippen molar-refractivity contribution in [3.63, 3.8) is 0 Å². The molecule has 158 valence electrons. The van der Waals surface area contributed by atoms with E-state index in [0.29, 0.717) is 0 Å². The molecule has 4 rings (SSSR count). The normalized spacial score (nSPS) is 11.6. The van der Waals surface area contributed by atoms with Crippen molar-refractivity contribution in [3.05, 3.63) is 82.3 Å². The molecule has 0 unspecified atom stereocenters. The second kappa shape index (κ2) is 7.51. The number of imidazole rings is 1. The van der Waals surface area contributed by atoms with E-state index in [1.807, 2.05) is 0 Å². The Hall–Kier alpha value is -4.29. The number of nitrogens with one attached hydrogen (secondary N) is 1. The third-order valence-electron chi connectivity index (χ3n) is 4.42. The van der Waals surface area contributed by atoms with E-state index in [9.17, 15) is 28.1 Å². The Morgan fingerprint density at radius 3 is 2.68 bits per heavy atom. The second-order valence-electron chi connectivity index (χ2n) is 6.37. The molecule has 0 saturated heterocycles. The fourth-order valence-electron chi connectivity index (χ4n) is 2.92. The summed E-state index contributed by atoms with van der Waals surface area (Å²) in [5.41, 5.74) is -0.799. The first kappa shape index (κ1) is 20.0. The van der Waals surface area contributed by atoms with Gasteiger partial charge in [-0.25, -0.2) is 4.98 Å². The summed E-state index contributed by atoms with van der Waals surface area (Å²) < 4.78 is 41.4. The van der Waals surface area contributed by atoms with Gasteiger partial charge < -0.3 is 9.88 Å². The lowest BCUT2D eigenvalue weighted by Gasteiger charge is -2.09. The van der Waals surface area contributed by atoms with Gasteiger partial charge in [-0.2, -0.15) is 13.2 Å². The van der Waals surface area contributed by atoms with Crippen molar-refractivity contribution in [1.82, 2.24) is 29.5 Å². The highest BCUT2D eigenvalue weighted by atomic mass is 19.4. The molecule has 31 heavy (non-hydrogen) atoms. The highest BCUT2D eigenvalue weighted by Crippen LogP contribution is 2.29. The van der Waals surface area contributed by atoms with Gasteiger partial charge in [-0.3, -0.25) is 19.3 Å². The smallest absolute Gasteiger partial charge is 0.345 e.